The molecular weight excluding hydrogens is 250 g/mol. The number of likely N-dealkylation sites (tertiary alicyclic amines) is 1. The molecule has 0 radical (unpaired) electrons. The first-order valence-electron chi connectivity index (χ1n) is 6.30. The SMILES string of the molecule is O=C(O)[C@@H]1CCCN1C(=O)NCCCc1ncn[nH]1. The molecule has 2 rings (SSSR count). The number of carbonyl (C=O) groups is 2. The average Bonchev–Trinajstić information content (AvgIpc) is 3.04. The van der Waals surface area contributed by atoms with Gasteiger partial charge in [-0.25, -0.2) is 14.6 Å². The van der Waals surface area contributed by atoms with Gasteiger partial charge in [0.2, 0.25) is 0 Å². The number of rotatable bonds is 5. The zero-order valence-corrected chi connectivity index (χ0v) is 10.5. The molecule has 19 heavy (non-hydrogen) atoms. The third-order valence-corrected chi connectivity index (χ3v) is 3.13. The van der Waals surface area contributed by atoms with Crippen molar-refractivity contribution in [3.8, 4) is 0 Å². The normalized spacial score (nSPS) is 18.5. The van der Waals surface area contributed by atoms with Gasteiger partial charge in [-0.2, -0.15) is 5.10 Å². The first kappa shape index (κ1) is 13.3. The van der Waals surface area contributed by atoms with E-state index in [0.717, 1.165) is 18.7 Å². The van der Waals surface area contributed by atoms with Crippen LogP contribution in [0.25, 0.3) is 0 Å². The number of amides is 2. The molecule has 1 aromatic rings. The molecule has 0 aliphatic carbocycles. The number of hydrogen-bond acceptors (Lipinski definition) is 4. The van der Waals surface area contributed by atoms with E-state index >= 15 is 0 Å². The number of H-pyrrole nitrogens is 1. The largest absolute Gasteiger partial charge is 0.480 e. The first-order chi connectivity index (χ1) is 9.18. The number of aliphatic carboxylic acids is 1. The fourth-order valence-corrected chi connectivity index (χ4v) is 2.17. The number of carboxylic acids is 1. The van der Waals surface area contributed by atoms with Crippen molar-refractivity contribution in [1.82, 2.24) is 25.4 Å². The number of carboxylic acid groups (broad SMARTS) is 1. The van der Waals surface area contributed by atoms with E-state index in [9.17, 15) is 9.59 Å². The second-order valence-corrected chi connectivity index (χ2v) is 4.46. The number of nitrogens with one attached hydrogen (secondary N) is 2. The van der Waals surface area contributed by atoms with Crippen LogP contribution in [0, 0.1) is 0 Å². The molecule has 1 aliphatic heterocycles. The van der Waals surface area contributed by atoms with Crippen molar-refractivity contribution in [2.75, 3.05) is 13.1 Å². The molecule has 1 aromatic heterocycles. The van der Waals surface area contributed by atoms with Crippen LogP contribution in [0.5, 0.6) is 0 Å². The molecule has 2 heterocycles. The van der Waals surface area contributed by atoms with Crippen LogP contribution in [0.3, 0.4) is 0 Å². The Labute approximate surface area is 110 Å². The van der Waals surface area contributed by atoms with E-state index in [1.54, 1.807) is 0 Å². The summed E-state index contributed by atoms with van der Waals surface area (Å²) in [5.41, 5.74) is 0. The molecule has 1 saturated heterocycles. The third-order valence-electron chi connectivity index (χ3n) is 3.13. The minimum atomic E-state index is -0.936. The van der Waals surface area contributed by atoms with Gasteiger partial charge in [-0.05, 0) is 19.3 Å². The maximum atomic E-state index is 11.8. The summed E-state index contributed by atoms with van der Waals surface area (Å²) in [5, 5.41) is 18.2. The first-order valence-corrected chi connectivity index (χ1v) is 6.30. The summed E-state index contributed by atoms with van der Waals surface area (Å²) in [4.78, 5) is 28.2. The predicted octanol–water partition coefficient (Wildman–Crippen LogP) is -0.00410. The van der Waals surface area contributed by atoms with Crippen molar-refractivity contribution in [2.24, 2.45) is 0 Å². The standard InChI is InChI=1S/C11H17N5O3/c17-10(18)8-3-2-6-16(8)11(19)12-5-1-4-9-13-7-14-15-9/h7-8H,1-6H2,(H,12,19)(H,17,18)(H,13,14,15)/t8-/m0/s1. The summed E-state index contributed by atoms with van der Waals surface area (Å²) in [6.45, 7) is 0.993. The van der Waals surface area contributed by atoms with Crippen molar-refractivity contribution < 1.29 is 14.7 Å². The minimum Gasteiger partial charge on any atom is -0.480 e. The van der Waals surface area contributed by atoms with Gasteiger partial charge >= 0.3 is 12.0 Å². The maximum Gasteiger partial charge on any atom is 0.326 e. The lowest BCUT2D eigenvalue weighted by Crippen LogP contribution is -2.46. The number of nitrogens with zero attached hydrogens (tertiary/aromatic N) is 3. The lowest BCUT2D eigenvalue weighted by molar-refractivity contribution is -0.141. The fourth-order valence-electron chi connectivity index (χ4n) is 2.17. The van der Waals surface area contributed by atoms with Crippen LogP contribution >= 0.6 is 0 Å². The van der Waals surface area contributed by atoms with Crippen LogP contribution in [-0.2, 0) is 11.2 Å². The summed E-state index contributed by atoms with van der Waals surface area (Å²) in [7, 11) is 0. The van der Waals surface area contributed by atoms with Gasteiger partial charge in [0.05, 0.1) is 0 Å². The Balaban J connectivity index is 1.70. The highest BCUT2D eigenvalue weighted by atomic mass is 16.4. The zero-order chi connectivity index (χ0) is 13.7. The number of carbonyl (C=O) groups excluding carboxylic acids is 1. The highest BCUT2D eigenvalue weighted by Crippen LogP contribution is 2.17. The molecule has 2 amide bonds. The molecule has 1 aliphatic rings. The predicted molar refractivity (Wildman–Crippen MR) is 65.5 cm³/mol. The van der Waals surface area contributed by atoms with Gasteiger partial charge < -0.3 is 15.3 Å². The lowest BCUT2D eigenvalue weighted by Gasteiger charge is -2.21. The molecule has 0 bridgehead atoms. The van der Waals surface area contributed by atoms with Crippen molar-refractivity contribution in [3.63, 3.8) is 0 Å². The lowest BCUT2D eigenvalue weighted by atomic mass is 10.2. The highest BCUT2D eigenvalue weighted by Gasteiger charge is 2.33. The van der Waals surface area contributed by atoms with E-state index in [1.165, 1.54) is 11.2 Å². The van der Waals surface area contributed by atoms with Crippen LogP contribution in [0.4, 0.5) is 4.79 Å². The molecule has 0 saturated carbocycles. The smallest absolute Gasteiger partial charge is 0.326 e. The summed E-state index contributed by atoms with van der Waals surface area (Å²) < 4.78 is 0. The third kappa shape index (κ3) is 3.43. The Bertz CT molecular complexity index is 434. The van der Waals surface area contributed by atoms with E-state index < -0.39 is 12.0 Å². The Morgan fingerprint density at radius 1 is 1.58 bits per heavy atom. The molecule has 1 atom stereocenters. The van der Waals surface area contributed by atoms with Crippen molar-refractivity contribution in [3.05, 3.63) is 12.2 Å². The van der Waals surface area contributed by atoms with Gasteiger partial charge in [0.15, 0.2) is 0 Å². The Kier molecular flexibility index (Phi) is 4.32. The monoisotopic (exact) mass is 267 g/mol. The second-order valence-electron chi connectivity index (χ2n) is 4.46. The van der Waals surface area contributed by atoms with Crippen LogP contribution in [0.2, 0.25) is 0 Å². The van der Waals surface area contributed by atoms with Crippen LogP contribution in [0.15, 0.2) is 6.33 Å². The summed E-state index contributed by atoms with van der Waals surface area (Å²) in [6.07, 6.45) is 4.13. The molecule has 3 N–H and O–H groups in total. The number of urea groups is 1. The molecule has 104 valence electrons. The molecular formula is C11H17N5O3. The highest BCUT2D eigenvalue weighted by molar-refractivity contribution is 5.83. The van der Waals surface area contributed by atoms with Gasteiger partial charge in [0.25, 0.3) is 0 Å². The minimum absolute atomic E-state index is 0.303. The van der Waals surface area contributed by atoms with Crippen molar-refractivity contribution >= 4 is 12.0 Å². The van der Waals surface area contributed by atoms with Crippen LogP contribution < -0.4 is 5.32 Å². The quantitative estimate of drug-likeness (QED) is 0.650. The van der Waals surface area contributed by atoms with Gasteiger partial charge in [-0.1, -0.05) is 0 Å². The van der Waals surface area contributed by atoms with Crippen LogP contribution in [0.1, 0.15) is 25.1 Å². The van der Waals surface area contributed by atoms with Gasteiger partial charge in [-0.3, -0.25) is 5.10 Å². The Morgan fingerprint density at radius 3 is 3.11 bits per heavy atom. The maximum absolute atomic E-state index is 11.8. The van der Waals surface area contributed by atoms with Gasteiger partial charge in [0.1, 0.15) is 18.2 Å². The summed E-state index contributed by atoms with van der Waals surface area (Å²) in [6, 6.07) is -0.989. The molecule has 0 unspecified atom stereocenters. The number of aryl methyl sites for hydroxylation is 1. The van der Waals surface area contributed by atoms with E-state index in [4.69, 9.17) is 5.11 Å². The molecule has 8 heteroatoms. The van der Waals surface area contributed by atoms with Crippen molar-refractivity contribution in [2.45, 2.75) is 31.7 Å². The number of aromatic nitrogens is 3. The molecule has 1 fully saturated rings. The Hall–Kier alpha value is -2.12. The molecule has 8 nitrogen and oxygen atoms in total. The van der Waals surface area contributed by atoms with Crippen molar-refractivity contribution in [1.29, 1.82) is 0 Å². The van der Waals surface area contributed by atoms with E-state index in [-0.39, 0.29) is 6.03 Å². The number of aromatic amines is 1. The fraction of sp³-hybridized carbons (Fsp3) is 0.636. The zero-order valence-electron chi connectivity index (χ0n) is 10.5. The van der Waals surface area contributed by atoms with Crippen LogP contribution in [-0.4, -0.2) is 56.3 Å². The molecule has 0 aromatic carbocycles. The van der Waals surface area contributed by atoms with E-state index in [0.29, 0.717) is 25.9 Å². The molecule has 0 spiro atoms. The second kappa shape index (κ2) is 6.17. The summed E-state index contributed by atoms with van der Waals surface area (Å²) in [5.74, 6) is -0.159. The van der Waals surface area contributed by atoms with Gasteiger partial charge in [0, 0.05) is 19.5 Å². The number of hydrogen-bond donors (Lipinski definition) is 3. The van der Waals surface area contributed by atoms with E-state index in [2.05, 4.69) is 20.5 Å². The Morgan fingerprint density at radius 2 is 2.42 bits per heavy atom. The van der Waals surface area contributed by atoms with E-state index in [1.807, 2.05) is 0 Å². The topological polar surface area (TPSA) is 111 Å². The van der Waals surface area contributed by atoms with Gasteiger partial charge in [-0.15, -0.1) is 0 Å². The average molecular weight is 267 g/mol. The summed E-state index contributed by atoms with van der Waals surface area (Å²) >= 11 is 0.